The van der Waals surface area contributed by atoms with Crippen LogP contribution in [0.5, 0.6) is 0 Å². The van der Waals surface area contributed by atoms with Crippen LogP contribution in [0.3, 0.4) is 0 Å². The van der Waals surface area contributed by atoms with Crippen LogP contribution in [0.15, 0.2) is 42.5 Å². The fraction of sp³-hybridized carbons (Fsp3) is 0.481. The van der Waals surface area contributed by atoms with Crippen LogP contribution in [0.25, 0.3) is 0 Å². The van der Waals surface area contributed by atoms with Crippen molar-refractivity contribution < 1.29 is 9.59 Å². The van der Waals surface area contributed by atoms with E-state index in [0.29, 0.717) is 23.8 Å². The van der Waals surface area contributed by atoms with Crippen LogP contribution in [-0.2, 0) is 6.42 Å². The topological polar surface area (TPSA) is 82.3 Å². The third kappa shape index (κ3) is 9.56. The molecule has 0 spiro atoms. The van der Waals surface area contributed by atoms with E-state index in [2.05, 4.69) is 42.0 Å². The van der Waals surface area contributed by atoms with E-state index in [0.717, 1.165) is 43.4 Å². The van der Waals surface area contributed by atoms with Crippen molar-refractivity contribution in [1.82, 2.24) is 5.32 Å². The van der Waals surface area contributed by atoms with Gasteiger partial charge in [-0.05, 0) is 67.5 Å². The normalized spacial score (nSPS) is 11.5. The van der Waals surface area contributed by atoms with Crippen LogP contribution in [-0.4, -0.2) is 18.6 Å². The number of aryl methyl sites for hydroxylation is 2. The third-order valence-electron chi connectivity index (χ3n) is 5.87. The lowest BCUT2D eigenvalue weighted by atomic mass is 9.99. The van der Waals surface area contributed by atoms with Gasteiger partial charge in [0.2, 0.25) is 0 Å². The number of hydrogen-bond acceptors (Lipinski definition) is 2. The predicted molar refractivity (Wildman–Crippen MR) is 139 cm³/mol. The minimum Gasteiger partial charge on any atom is -0.338 e. The highest BCUT2D eigenvalue weighted by Gasteiger charge is 2.10. The molecule has 0 aliphatic carbocycles. The molecule has 4 amide bonds. The Labute approximate surface area is 198 Å². The molecule has 0 aromatic heterocycles. The molecule has 1 unspecified atom stereocenters. The molecule has 0 bridgehead atoms. The van der Waals surface area contributed by atoms with Gasteiger partial charge >= 0.3 is 12.1 Å². The Morgan fingerprint density at radius 2 is 1.48 bits per heavy atom. The average molecular weight is 453 g/mol. The van der Waals surface area contributed by atoms with E-state index < -0.39 is 0 Å². The zero-order valence-corrected chi connectivity index (χ0v) is 20.6. The summed E-state index contributed by atoms with van der Waals surface area (Å²) in [4.78, 5) is 24.8. The molecule has 2 rings (SSSR count). The molecule has 2 aromatic rings. The maximum absolute atomic E-state index is 12.5. The van der Waals surface area contributed by atoms with E-state index in [1.165, 1.54) is 18.4 Å². The van der Waals surface area contributed by atoms with Crippen LogP contribution in [0.4, 0.5) is 26.7 Å². The molecule has 4 N–H and O–H groups in total. The summed E-state index contributed by atoms with van der Waals surface area (Å²) in [5, 5.41) is 11.6. The van der Waals surface area contributed by atoms with Gasteiger partial charge in [-0.25, -0.2) is 9.59 Å². The Kier molecular flexibility index (Phi) is 11.3. The van der Waals surface area contributed by atoms with Crippen molar-refractivity contribution in [3.8, 4) is 0 Å². The van der Waals surface area contributed by atoms with E-state index in [1.807, 2.05) is 43.3 Å². The predicted octanol–water partition coefficient (Wildman–Crippen LogP) is 7.32. The van der Waals surface area contributed by atoms with Crippen LogP contribution >= 0.6 is 0 Å². The largest absolute Gasteiger partial charge is 0.338 e. The van der Waals surface area contributed by atoms with Crippen molar-refractivity contribution in [3.05, 3.63) is 53.6 Å². The van der Waals surface area contributed by atoms with Crippen LogP contribution in [0, 0.1) is 12.8 Å². The fourth-order valence-electron chi connectivity index (χ4n) is 3.61. The molecule has 0 aliphatic rings. The molecule has 0 fully saturated rings. The van der Waals surface area contributed by atoms with Crippen molar-refractivity contribution in [2.24, 2.45) is 5.92 Å². The summed E-state index contributed by atoms with van der Waals surface area (Å²) in [6.07, 6.45) is 7.90. The number of anilines is 3. The van der Waals surface area contributed by atoms with Crippen LogP contribution < -0.4 is 21.3 Å². The highest BCUT2D eigenvalue weighted by atomic mass is 16.2. The number of rotatable bonds is 12. The Bertz CT molecular complexity index is 880. The zero-order valence-electron chi connectivity index (χ0n) is 20.6. The Balaban J connectivity index is 1.89. The zero-order chi connectivity index (χ0) is 24.1. The van der Waals surface area contributed by atoms with Gasteiger partial charge in [-0.1, -0.05) is 64.7 Å². The van der Waals surface area contributed by atoms with Crippen molar-refractivity contribution in [1.29, 1.82) is 0 Å². The van der Waals surface area contributed by atoms with Gasteiger partial charge in [0.25, 0.3) is 0 Å². The first-order chi connectivity index (χ1) is 15.9. The Morgan fingerprint density at radius 3 is 2.15 bits per heavy atom. The molecule has 0 heterocycles. The summed E-state index contributed by atoms with van der Waals surface area (Å²) in [5.41, 5.74) is 4.21. The van der Waals surface area contributed by atoms with Crippen molar-refractivity contribution in [2.45, 2.75) is 72.6 Å². The van der Waals surface area contributed by atoms with Crippen molar-refractivity contribution >= 4 is 29.1 Å². The van der Waals surface area contributed by atoms with E-state index in [9.17, 15) is 9.59 Å². The molecule has 33 heavy (non-hydrogen) atoms. The highest BCUT2D eigenvalue weighted by Crippen LogP contribution is 2.21. The van der Waals surface area contributed by atoms with Gasteiger partial charge < -0.3 is 21.3 Å². The van der Waals surface area contributed by atoms with E-state index in [-0.39, 0.29) is 12.1 Å². The molecule has 2 aromatic carbocycles. The molecule has 0 aliphatic heterocycles. The summed E-state index contributed by atoms with van der Waals surface area (Å²) in [6.45, 7) is 9.10. The second-order valence-electron chi connectivity index (χ2n) is 8.66. The monoisotopic (exact) mass is 452 g/mol. The number of carbonyl (C=O) groups excluding carboxylic acids is 2. The molecule has 0 radical (unpaired) electrons. The van der Waals surface area contributed by atoms with Gasteiger partial charge in [-0.3, -0.25) is 0 Å². The summed E-state index contributed by atoms with van der Waals surface area (Å²) in [7, 11) is 0. The van der Waals surface area contributed by atoms with E-state index in [4.69, 9.17) is 0 Å². The first kappa shape index (κ1) is 26.2. The molecular formula is C27H40N4O2. The summed E-state index contributed by atoms with van der Waals surface area (Å²) in [6, 6.07) is 12.9. The van der Waals surface area contributed by atoms with Crippen molar-refractivity contribution in [3.63, 3.8) is 0 Å². The lowest BCUT2D eigenvalue weighted by Gasteiger charge is -2.16. The number of urea groups is 2. The van der Waals surface area contributed by atoms with E-state index in [1.54, 1.807) is 6.07 Å². The number of carbonyl (C=O) groups is 2. The van der Waals surface area contributed by atoms with Gasteiger partial charge in [0.1, 0.15) is 0 Å². The lowest BCUT2D eigenvalue weighted by Crippen LogP contribution is -2.33. The Morgan fingerprint density at radius 1 is 0.818 bits per heavy atom. The lowest BCUT2D eigenvalue weighted by molar-refractivity contribution is 0.249. The molecule has 180 valence electrons. The van der Waals surface area contributed by atoms with Crippen LogP contribution in [0.2, 0.25) is 0 Å². The summed E-state index contributed by atoms with van der Waals surface area (Å²) >= 11 is 0. The SMILES string of the molecule is CCCCc1ccc(NC(=O)Nc2cc(NC(=O)NCC(CC)CCCC)ccc2C)cc1. The number of benzene rings is 2. The maximum Gasteiger partial charge on any atom is 0.323 e. The van der Waals surface area contributed by atoms with Gasteiger partial charge in [-0.15, -0.1) is 0 Å². The molecule has 1 atom stereocenters. The first-order valence-electron chi connectivity index (χ1n) is 12.3. The van der Waals surface area contributed by atoms with Gasteiger partial charge in [0, 0.05) is 23.6 Å². The summed E-state index contributed by atoms with van der Waals surface area (Å²) in [5.74, 6) is 0.496. The van der Waals surface area contributed by atoms with Gasteiger partial charge in [0.15, 0.2) is 0 Å². The average Bonchev–Trinajstić information content (AvgIpc) is 2.81. The van der Waals surface area contributed by atoms with Gasteiger partial charge in [0.05, 0.1) is 0 Å². The standard InChI is InChI=1S/C27H40N4O2/c1-5-8-10-21(7-3)19-28-26(32)30-24-15-12-20(4)25(18-24)31-27(33)29-23-16-13-22(14-17-23)11-9-6-2/h12-18,21H,5-11,19H2,1-4H3,(H2,28,30,32)(H2,29,31,33). The summed E-state index contributed by atoms with van der Waals surface area (Å²) < 4.78 is 0. The smallest absolute Gasteiger partial charge is 0.323 e. The van der Waals surface area contributed by atoms with E-state index >= 15 is 0 Å². The minimum atomic E-state index is -0.317. The molecular weight excluding hydrogens is 412 g/mol. The Hall–Kier alpha value is -3.02. The second kappa shape index (κ2) is 14.2. The number of unbranched alkanes of at least 4 members (excludes halogenated alkanes) is 2. The fourth-order valence-corrected chi connectivity index (χ4v) is 3.61. The second-order valence-corrected chi connectivity index (χ2v) is 8.66. The molecule has 6 heteroatoms. The minimum absolute atomic E-state index is 0.229. The van der Waals surface area contributed by atoms with Crippen LogP contribution in [0.1, 0.15) is 70.4 Å². The third-order valence-corrected chi connectivity index (χ3v) is 5.87. The van der Waals surface area contributed by atoms with Gasteiger partial charge in [-0.2, -0.15) is 0 Å². The quantitative estimate of drug-likeness (QED) is 0.272. The molecule has 0 saturated heterocycles. The maximum atomic E-state index is 12.5. The highest BCUT2D eigenvalue weighted by molar-refractivity contribution is 6.01. The van der Waals surface area contributed by atoms with Crippen molar-refractivity contribution in [2.75, 3.05) is 22.5 Å². The first-order valence-corrected chi connectivity index (χ1v) is 12.3. The number of nitrogens with one attached hydrogen (secondary N) is 4. The number of hydrogen-bond donors (Lipinski definition) is 4. The molecule has 0 saturated carbocycles. The molecule has 6 nitrogen and oxygen atoms in total. The number of amides is 4.